The van der Waals surface area contributed by atoms with Crippen LogP contribution < -0.4 is 10.1 Å². The summed E-state index contributed by atoms with van der Waals surface area (Å²) in [7, 11) is 0. The van der Waals surface area contributed by atoms with Gasteiger partial charge in [0.2, 0.25) is 0 Å². The van der Waals surface area contributed by atoms with Crippen molar-refractivity contribution in [2.24, 2.45) is 0 Å². The molecule has 1 N–H and O–H groups in total. The number of benzene rings is 1. The third-order valence-electron chi connectivity index (χ3n) is 3.70. The fraction of sp³-hybridized carbons (Fsp3) is 0.684. The average Bonchev–Trinajstić information content (AvgIpc) is 2.46. The van der Waals surface area contributed by atoms with Gasteiger partial charge < -0.3 is 10.1 Å². The Balaban J connectivity index is 2.50. The SMILES string of the molecule is CCCCCCCC(NCC)c1ccc(OC(C)C)cc1. The Kier molecular flexibility index (Phi) is 9.16. The van der Waals surface area contributed by atoms with Gasteiger partial charge in [-0.1, -0.05) is 58.1 Å². The van der Waals surface area contributed by atoms with Gasteiger partial charge in [-0.25, -0.2) is 0 Å². The maximum atomic E-state index is 5.71. The highest BCUT2D eigenvalue weighted by Gasteiger charge is 2.10. The zero-order valence-electron chi connectivity index (χ0n) is 14.3. The molecule has 1 aromatic rings. The van der Waals surface area contributed by atoms with Crippen LogP contribution in [0, 0.1) is 0 Å². The second kappa shape index (κ2) is 10.7. The van der Waals surface area contributed by atoms with E-state index < -0.39 is 0 Å². The van der Waals surface area contributed by atoms with E-state index in [1.807, 2.05) is 0 Å². The number of hydrogen-bond donors (Lipinski definition) is 1. The van der Waals surface area contributed by atoms with E-state index in [-0.39, 0.29) is 6.10 Å². The van der Waals surface area contributed by atoms with Crippen molar-refractivity contribution in [2.75, 3.05) is 6.54 Å². The van der Waals surface area contributed by atoms with Crippen molar-refractivity contribution in [1.29, 1.82) is 0 Å². The molecule has 1 atom stereocenters. The van der Waals surface area contributed by atoms with Crippen molar-refractivity contribution >= 4 is 0 Å². The number of rotatable bonds is 11. The van der Waals surface area contributed by atoms with Crippen LogP contribution in [-0.4, -0.2) is 12.6 Å². The molecule has 1 aromatic carbocycles. The van der Waals surface area contributed by atoms with Crippen LogP contribution in [0.15, 0.2) is 24.3 Å². The Morgan fingerprint density at radius 3 is 2.19 bits per heavy atom. The lowest BCUT2D eigenvalue weighted by atomic mass is 9.99. The van der Waals surface area contributed by atoms with Crippen molar-refractivity contribution in [3.63, 3.8) is 0 Å². The largest absolute Gasteiger partial charge is 0.491 e. The molecule has 0 radical (unpaired) electrons. The summed E-state index contributed by atoms with van der Waals surface area (Å²) in [5.41, 5.74) is 1.38. The summed E-state index contributed by atoms with van der Waals surface area (Å²) in [6, 6.07) is 9.08. The van der Waals surface area contributed by atoms with Crippen LogP contribution >= 0.6 is 0 Å². The van der Waals surface area contributed by atoms with Crippen LogP contribution in [0.3, 0.4) is 0 Å². The van der Waals surface area contributed by atoms with Gasteiger partial charge in [-0.15, -0.1) is 0 Å². The zero-order chi connectivity index (χ0) is 15.5. The molecule has 0 aliphatic carbocycles. The van der Waals surface area contributed by atoms with Gasteiger partial charge in [0, 0.05) is 6.04 Å². The second-order valence-corrected chi connectivity index (χ2v) is 6.05. The summed E-state index contributed by atoms with van der Waals surface area (Å²) >= 11 is 0. The monoisotopic (exact) mass is 291 g/mol. The van der Waals surface area contributed by atoms with E-state index in [9.17, 15) is 0 Å². The number of ether oxygens (including phenoxy) is 1. The van der Waals surface area contributed by atoms with Crippen LogP contribution in [0.1, 0.15) is 77.8 Å². The lowest BCUT2D eigenvalue weighted by Crippen LogP contribution is -2.20. The van der Waals surface area contributed by atoms with E-state index in [2.05, 4.69) is 57.3 Å². The zero-order valence-corrected chi connectivity index (χ0v) is 14.3. The van der Waals surface area contributed by atoms with E-state index in [0.29, 0.717) is 6.04 Å². The molecule has 21 heavy (non-hydrogen) atoms. The standard InChI is InChI=1S/C19H33NO/c1-5-7-8-9-10-11-19(20-6-2)17-12-14-18(15-13-17)21-16(3)4/h12-16,19-20H,5-11H2,1-4H3. The van der Waals surface area contributed by atoms with Crippen LogP contribution in [0.2, 0.25) is 0 Å². The van der Waals surface area contributed by atoms with Crippen molar-refractivity contribution in [1.82, 2.24) is 5.32 Å². The van der Waals surface area contributed by atoms with E-state index in [1.54, 1.807) is 0 Å². The lowest BCUT2D eigenvalue weighted by Gasteiger charge is -2.19. The predicted molar refractivity (Wildman–Crippen MR) is 92.0 cm³/mol. The highest BCUT2D eigenvalue weighted by Crippen LogP contribution is 2.23. The summed E-state index contributed by atoms with van der Waals surface area (Å²) in [6.07, 6.45) is 8.17. The summed E-state index contributed by atoms with van der Waals surface area (Å²) < 4.78 is 5.71. The first kappa shape index (κ1) is 18.0. The topological polar surface area (TPSA) is 21.3 Å². The molecule has 0 aromatic heterocycles. The van der Waals surface area contributed by atoms with E-state index in [1.165, 1.54) is 44.1 Å². The van der Waals surface area contributed by atoms with Gasteiger partial charge in [0.15, 0.2) is 0 Å². The van der Waals surface area contributed by atoms with Crippen LogP contribution in [0.25, 0.3) is 0 Å². The molecule has 0 aliphatic heterocycles. The Hall–Kier alpha value is -1.02. The third-order valence-corrected chi connectivity index (χ3v) is 3.70. The molecule has 120 valence electrons. The molecule has 0 saturated heterocycles. The molecule has 0 bridgehead atoms. The number of unbranched alkanes of at least 4 members (excludes halogenated alkanes) is 4. The first-order valence-electron chi connectivity index (χ1n) is 8.67. The molecule has 1 unspecified atom stereocenters. The van der Waals surface area contributed by atoms with Gasteiger partial charge in [0.25, 0.3) is 0 Å². The molecule has 0 heterocycles. The quantitative estimate of drug-likeness (QED) is 0.545. The van der Waals surface area contributed by atoms with Crippen LogP contribution in [0.4, 0.5) is 0 Å². The fourth-order valence-electron chi connectivity index (χ4n) is 2.64. The summed E-state index contributed by atoms with van der Waals surface area (Å²) in [5, 5.41) is 3.61. The smallest absolute Gasteiger partial charge is 0.119 e. The normalized spacial score (nSPS) is 12.6. The van der Waals surface area contributed by atoms with Crippen molar-refractivity contribution in [3.05, 3.63) is 29.8 Å². The second-order valence-electron chi connectivity index (χ2n) is 6.05. The summed E-state index contributed by atoms with van der Waals surface area (Å²) in [5.74, 6) is 0.965. The minimum Gasteiger partial charge on any atom is -0.491 e. The maximum Gasteiger partial charge on any atom is 0.119 e. The van der Waals surface area contributed by atoms with E-state index >= 15 is 0 Å². The highest BCUT2D eigenvalue weighted by atomic mass is 16.5. The van der Waals surface area contributed by atoms with Gasteiger partial charge in [-0.05, 0) is 44.5 Å². The van der Waals surface area contributed by atoms with Crippen molar-refractivity contribution in [3.8, 4) is 5.75 Å². The molecule has 0 saturated carbocycles. The first-order chi connectivity index (χ1) is 10.2. The first-order valence-corrected chi connectivity index (χ1v) is 8.67. The van der Waals surface area contributed by atoms with Crippen molar-refractivity contribution < 1.29 is 4.74 Å². The third kappa shape index (κ3) is 7.52. The lowest BCUT2D eigenvalue weighted by molar-refractivity contribution is 0.242. The molecule has 0 aliphatic rings. The Morgan fingerprint density at radius 2 is 1.62 bits per heavy atom. The number of nitrogens with one attached hydrogen (secondary N) is 1. The van der Waals surface area contributed by atoms with Crippen LogP contribution in [-0.2, 0) is 0 Å². The Bertz CT molecular complexity index is 358. The molecular weight excluding hydrogens is 258 g/mol. The van der Waals surface area contributed by atoms with Gasteiger partial charge in [-0.2, -0.15) is 0 Å². The predicted octanol–water partition coefficient (Wildman–Crippen LogP) is 5.48. The van der Waals surface area contributed by atoms with E-state index in [4.69, 9.17) is 4.74 Å². The molecular formula is C19H33NO. The average molecular weight is 291 g/mol. The summed E-state index contributed by atoms with van der Waals surface area (Å²) in [4.78, 5) is 0. The molecule has 2 nitrogen and oxygen atoms in total. The molecule has 0 spiro atoms. The van der Waals surface area contributed by atoms with Crippen molar-refractivity contribution in [2.45, 2.75) is 78.4 Å². The van der Waals surface area contributed by atoms with Gasteiger partial charge in [-0.3, -0.25) is 0 Å². The van der Waals surface area contributed by atoms with Gasteiger partial charge in [0.05, 0.1) is 6.10 Å². The highest BCUT2D eigenvalue weighted by molar-refractivity contribution is 5.29. The Labute approximate surface area is 131 Å². The minimum absolute atomic E-state index is 0.235. The molecule has 0 amide bonds. The number of hydrogen-bond acceptors (Lipinski definition) is 2. The maximum absolute atomic E-state index is 5.71. The molecule has 1 rings (SSSR count). The minimum atomic E-state index is 0.235. The molecule has 2 heteroatoms. The molecule has 0 fully saturated rings. The van der Waals surface area contributed by atoms with Crippen LogP contribution in [0.5, 0.6) is 5.75 Å². The Morgan fingerprint density at radius 1 is 0.952 bits per heavy atom. The summed E-state index contributed by atoms with van der Waals surface area (Å²) in [6.45, 7) is 9.59. The fourth-order valence-corrected chi connectivity index (χ4v) is 2.64. The van der Waals surface area contributed by atoms with Gasteiger partial charge in [0.1, 0.15) is 5.75 Å². The van der Waals surface area contributed by atoms with Gasteiger partial charge >= 0.3 is 0 Å². The van der Waals surface area contributed by atoms with E-state index in [0.717, 1.165) is 12.3 Å².